The summed E-state index contributed by atoms with van der Waals surface area (Å²) in [6, 6.07) is 11.9. The summed E-state index contributed by atoms with van der Waals surface area (Å²) in [7, 11) is 1.53. The third kappa shape index (κ3) is 8.36. The van der Waals surface area contributed by atoms with Crippen molar-refractivity contribution in [2.75, 3.05) is 13.7 Å². The summed E-state index contributed by atoms with van der Waals surface area (Å²) in [5.74, 6) is 2.62. The van der Waals surface area contributed by atoms with Gasteiger partial charge in [0, 0.05) is 0 Å². The van der Waals surface area contributed by atoms with E-state index in [4.69, 9.17) is 19.0 Å². The lowest BCUT2D eigenvalue weighted by Gasteiger charge is -2.21. The van der Waals surface area contributed by atoms with Gasteiger partial charge in [0.25, 0.3) is 0 Å². The molecule has 0 aromatic heterocycles. The van der Waals surface area contributed by atoms with Crippen LogP contribution in [0.3, 0.4) is 0 Å². The van der Waals surface area contributed by atoms with Gasteiger partial charge in [0.15, 0.2) is 0 Å². The Balaban J connectivity index is 1.87. The summed E-state index contributed by atoms with van der Waals surface area (Å²) in [5, 5.41) is 3.79. The van der Waals surface area contributed by atoms with Gasteiger partial charge < -0.3 is 19.0 Å². The molecule has 2 rings (SSSR count). The molecule has 31 heavy (non-hydrogen) atoms. The Morgan fingerprint density at radius 1 is 0.935 bits per heavy atom. The zero-order valence-corrected chi connectivity index (χ0v) is 19.6. The summed E-state index contributed by atoms with van der Waals surface area (Å²) in [6.45, 7) is 10.9. The first kappa shape index (κ1) is 24.3. The van der Waals surface area contributed by atoms with Crippen LogP contribution in [0.25, 0.3) is 0 Å². The van der Waals surface area contributed by atoms with E-state index in [0.29, 0.717) is 6.61 Å². The lowest BCUT2D eigenvalue weighted by Crippen LogP contribution is -2.19. The minimum absolute atomic E-state index is 0.0743. The van der Waals surface area contributed by atoms with Crippen LogP contribution < -0.4 is 14.2 Å². The Labute approximate surface area is 186 Å². The largest absolute Gasteiger partial charge is 0.491 e. The Morgan fingerprint density at radius 2 is 1.61 bits per heavy atom. The summed E-state index contributed by atoms with van der Waals surface area (Å²) in [6.07, 6.45) is 7.57. The van der Waals surface area contributed by atoms with Crippen LogP contribution in [-0.2, 0) is 4.84 Å². The predicted octanol–water partition coefficient (Wildman–Crippen LogP) is 6.25. The first-order chi connectivity index (χ1) is 14.9. The zero-order chi connectivity index (χ0) is 22.6. The van der Waals surface area contributed by atoms with Gasteiger partial charge in [0.05, 0.1) is 18.4 Å². The van der Waals surface area contributed by atoms with Crippen molar-refractivity contribution in [2.45, 2.75) is 59.7 Å². The normalized spacial score (nSPS) is 13.4. The van der Waals surface area contributed by atoms with Gasteiger partial charge in [-0.2, -0.15) is 0 Å². The molecule has 2 unspecified atom stereocenters. The van der Waals surface area contributed by atoms with E-state index in [2.05, 4.69) is 32.9 Å². The Kier molecular flexibility index (Phi) is 9.95. The number of allylic oxidation sites excluding steroid dienone is 1. The van der Waals surface area contributed by atoms with Gasteiger partial charge >= 0.3 is 0 Å². The van der Waals surface area contributed by atoms with E-state index in [1.54, 1.807) is 6.21 Å². The molecule has 0 fully saturated rings. The second-order valence-electron chi connectivity index (χ2n) is 7.69. The van der Waals surface area contributed by atoms with E-state index in [9.17, 15) is 0 Å². The average molecular weight is 426 g/mol. The molecule has 0 aliphatic heterocycles. The summed E-state index contributed by atoms with van der Waals surface area (Å²) in [5.41, 5.74) is 3.11. The molecule has 0 amide bonds. The molecular weight excluding hydrogens is 390 g/mol. The fourth-order valence-electron chi connectivity index (χ4n) is 3.22. The fourth-order valence-corrected chi connectivity index (χ4v) is 3.22. The maximum Gasteiger partial charge on any atom is 0.125 e. The highest BCUT2D eigenvalue weighted by Gasteiger charge is 2.13. The molecule has 0 saturated carbocycles. The number of nitrogens with zero attached hydrogens (tertiary/aromatic N) is 1. The number of hydrogen-bond acceptors (Lipinski definition) is 5. The number of hydrogen-bond donors (Lipinski definition) is 0. The highest BCUT2D eigenvalue weighted by Crippen LogP contribution is 2.30. The maximum absolute atomic E-state index is 6.26. The molecule has 0 aliphatic rings. The standard InChI is InChI=1S/C26H35NO4/c1-7-8-14-29-25-15-19(2)26(20(3)16-25)31-22(5)13-12-21(4)30-24-11-9-10-23(17-24)18-27-28-6/h7-11,15-18,21-22H,12-14H2,1-6H3/b8-7+,27-18-. The minimum atomic E-state index is 0.0743. The summed E-state index contributed by atoms with van der Waals surface area (Å²) in [4.78, 5) is 4.73. The molecule has 5 heteroatoms. The predicted molar refractivity (Wildman–Crippen MR) is 127 cm³/mol. The van der Waals surface area contributed by atoms with E-state index in [1.807, 2.05) is 55.5 Å². The van der Waals surface area contributed by atoms with Gasteiger partial charge in [-0.25, -0.2) is 0 Å². The Bertz CT molecular complexity index is 852. The first-order valence-corrected chi connectivity index (χ1v) is 10.8. The van der Waals surface area contributed by atoms with Crippen LogP contribution >= 0.6 is 0 Å². The van der Waals surface area contributed by atoms with E-state index < -0.39 is 0 Å². The van der Waals surface area contributed by atoms with Crippen LogP contribution in [0.2, 0.25) is 0 Å². The van der Waals surface area contributed by atoms with Crippen molar-refractivity contribution in [1.82, 2.24) is 0 Å². The van der Waals surface area contributed by atoms with Gasteiger partial charge in [0.2, 0.25) is 0 Å². The highest BCUT2D eigenvalue weighted by atomic mass is 16.6. The van der Waals surface area contributed by atoms with Crippen LogP contribution in [0, 0.1) is 13.8 Å². The second kappa shape index (κ2) is 12.7. The van der Waals surface area contributed by atoms with Crippen LogP contribution in [0.1, 0.15) is 50.3 Å². The maximum atomic E-state index is 6.26. The molecule has 2 atom stereocenters. The molecule has 2 aromatic carbocycles. The number of rotatable bonds is 12. The van der Waals surface area contributed by atoms with Crippen molar-refractivity contribution in [3.8, 4) is 17.2 Å². The number of oxime groups is 1. The Hall–Kier alpha value is -2.95. The second-order valence-corrected chi connectivity index (χ2v) is 7.69. The average Bonchev–Trinajstić information content (AvgIpc) is 2.74. The van der Waals surface area contributed by atoms with Crippen molar-refractivity contribution in [2.24, 2.45) is 5.16 Å². The van der Waals surface area contributed by atoms with Gasteiger partial charge in [-0.15, -0.1) is 0 Å². The van der Waals surface area contributed by atoms with Crippen LogP contribution in [-0.4, -0.2) is 32.1 Å². The molecule has 0 heterocycles. The summed E-state index contributed by atoms with van der Waals surface area (Å²) < 4.78 is 18.1. The van der Waals surface area contributed by atoms with E-state index in [-0.39, 0.29) is 12.2 Å². The molecule has 0 N–H and O–H groups in total. The van der Waals surface area contributed by atoms with Crippen LogP contribution in [0.5, 0.6) is 17.2 Å². The Morgan fingerprint density at radius 3 is 2.26 bits per heavy atom. The molecule has 0 aliphatic carbocycles. The third-order valence-electron chi connectivity index (χ3n) is 4.82. The van der Waals surface area contributed by atoms with E-state index in [0.717, 1.165) is 46.8 Å². The van der Waals surface area contributed by atoms with Crippen molar-refractivity contribution >= 4 is 6.21 Å². The van der Waals surface area contributed by atoms with Gasteiger partial charge in [-0.05, 0) is 88.4 Å². The minimum Gasteiger partial charge on any atom is -0.491 e. The third-order valence-corrected chi connectivity index (χ3v) is 4.82. The lowest BCUT2D eigenvalue weighted by molar-refractivity contribution is 0.159. The van der Waals surface area contributed by atoms with Gasteiger partial charge in [0.1, 0.15) is 31.0 Å². The first-order valence-electron chi connectivity index (χ1n) is 10.8. The number of ether oxygens (including phenoxy) is 3. The molecule has 0 spiro atoms. The van der Waals surface area contributed by atoms with Crippen molar-refractivity contribution < 1.29 is 19.0 Å². The van der Waals surface area contributed by atoms with Crippen molar-refractivity contribution in [3.63, 3.8) is 0 Å². The van der Waals surface area contributed by atoms with Crippen molar-refractivity contribution in [1.29, 1.82) is 0 Å². The molecular formula is C26H35NO4. The monoisotopic (exact) mass is 425 g/mol. The summed E-state index contributed by atoms with van der Waals surface area (Å²) >= 11 is 0. The highest BCUT2D eigenvalue weighted by molar-refractivity contribution is 5.79. The topological polar surface area (TPSA) is 49.3 Å². The molecule has 2 aromatic rings. The zero-order valence-electron chi connectivity index (χ0n) is 19.6. The lowest BCUT2D eigenvalue weighted by atomic mass is 10.1. The molecule has 168 valence electrons. The molecule has 5 nitrogen and oxygen atoms in total. The van der Waals surface area contributed by atoms with Crippen LogP contribution in [0.15, 0.2) is 53.7 Å². The van der Waals surface area contributed by atoms with Gasteiger partial charge in [-0.3, -0.25) is 0 Å². The van der Waals surface area contributed by atoms with E-state index in [1.165, 1.54) is 7.11 Å². The number of benzene rings is 2. The number of aryl methyl sites for hydroxylation is 2. The van der Waals surface area contributed by atoms with Crippen LogP contribution in [0.4, 0.5) is 0 Å². The molecule has 0 saturated heterocycles. The molecule has 0 radical (unpaired) electrons. The fraction of sp³-hybridized carbons (Fsp3) is 0.423. The quantitative estimate of drug-likeness (QED) is 0.229. The van der Waals surface area contributed by atoms with Gasteiger partial charge in [-0.1, -0.05) is 29.4 Å². The van der Waals surface area contributed by atoms with E-state index >= 15 is 0 Å². The smallest absolute Gasteiger partial charge is 0.125 e. The van der Waals surface area contributed by atoms with Crippen molar-refractivity contribution in [3.05, 3.63) is 65.2 Å². The SMILES string of the molecule is C/C=C/COc1cc(C)c(OC(C)CCC(C)Oc2cccc(/C=N\OC)c2)c(C)c1. The molecule has 0 bridgehead atoms.